The van der Waals surface area contributed by atoms with Gasteiger partial charge in [-0.2, -0.15) is 12.1 Å². The molecule has 0 atom stereocenters. The Balaban J connectivity index is 0.000000203. The molecule has 0 amide bonds. The fourth-order valence-electron chi connectivity index (χ4n) is 6.56. The Hall–Kier alpha value is -3.84. The molecule has 0 bridgehead atoms. The predicted molar refractivity (Wildman–Crippen MR) is 207 cm³/mol. The van der Waals surface area contributed by atoms with Gasteiger partial charge in [0.1, 0.15) is 0 Å². The molecule has 2 radical (unpaired) electrons. The van der Waals surface area contributed by atoms with Crippen molar-refractivity contribution >= 4 is 50.0 Å². The normalized spacial score (nSPS) is 10.6. The van der Waals surface area contributed by atoms with Crippen molar-refractivity contribution in [1.29, 1.82) is 0 Å². The van der Waals surface area contributed by atoms with Gasteiger partial charge in [0.05, 0.1) is 0 Å². The van der Waals surface area contributed by atoms with Gasteiger partial charge in [-0.1, -0.05) is 136 Å². The monoisotopic (exact) mass is 700 g/mol. The van der Waals surface area contributed by atoms with Crippen molar-refractivity contribution in [3.8, 4) is 22.3 Å². The molecule has 0 saturated heterocycles. The van der Waals surface area contributed by atoms with Crippen molar-refractivity contribution < 1.29 is 23.3 Å². The summed E-state index contributed by atoms with van der Waals surface area (Å²) in [7, 11) is 0. The molecule has 234 valence electrons. The van der Waals surface area contributed by atoms with Crippen LogP contribution in [0.15, 0.2) is 140 Å². The first-order chi connectivity index (χ1) is 22.0. The summed E-state index contributed by atoms with van der Waals surface area (Å²) in [6.07, 6.45) is 0. The van der Waals surface area contributed by atoms with Gasteiger partial charge in [0.15, 0.2) is 0 Å². The minimum absolute atomic E-state index is 0. The van der Waals surface area contributed by atoms with Gasteiger partial charge in [0, 0.05) is 0 Å². The van der Waals surface area contributed by atoms with Crippen LogP contribution in [0.2, 0.25) is 0 Å². The van der Waals surface area contributed by atoms with Crippen LogP contribution in [0.3, 0.4) is 0 Å². The molecule has 0 spiro atoms. The first-order valence-electron chi connectivity index (χ1n) is 15.6. The van der Waals surface area contributed by atoms with E-state index in [0.717, 1.165) is 0 Å². The first kappa shape index (κ1) is 36.0. The quantitative estimate of drug-likeness (QED) is 0.0977. The summed E-state index contributed by atoms with van der Waals surface area (Å²) in [5, 5.41) is 10.7. The molecule has 8 aromatic rings. The Labute approximate surface area is 298 Å². The Morgan fingerprint density at radius 3 is 1.96 bits per heavy atom. The van der Waals surface area contributed by atoms with Gasteiger partial charge >= 0.3 is 30.2 Å². The van der Waals surface area contributed by atoms with Crippen LogP contribution in [0.1, 0.15) is 36.5 Å². The Kier molecular flexibility index (Phi) is 12.1. The van der Waals surface area contributed by atoms with Gasteiger partial charge in [0.25, 0.3) is 0 Å². The van der Waals surface area contributed by atoms with Crippen molar-refractivity contribution in [2.45, 2.75) is 33.6 Å². The van der Waals surface area contributed by atoms with E-state index in [0.29, 0.717) is 5.92 Å². The standard InChI is InChI=1S/C25H19.C18H17.2CH3.Si.Zr/c1-16-14-24-17(2)10-12-23(25(24)15-16)21-9-5-8-20-19-7-4-3-6-18(19)11-13-22(20)21;1-13(2)16-11-15-9-6-10-17(18(15)12-16)14-7-4-3-5-8-14;;;;/h3-15H,1-2H3;3-13H,1-2H3;2*1H3;;/q4*-1;;. The van der Waals surface area contributed by atoms with Gasteiger partial charge in [0.2, 0.25) is 0 Å². The maximum atomic E-state index is 3.06. The van der Waals surface area contributed by atoms with E-state index in [2.05, 4.69) is 174 Å². The van der Waals surface area contributed by atoms with Crippen LogP contribution >= 0.6 is 0 Å². The molecular weight excluding hydrogens is 660 g/mol. The van der Waals surface area contributed by atoms with E-state index in [-0.39, 0.29) is 14.9 Å². The Morgan fingerprint density at radius 1 is 0.532 bits per heavy atom. The van der Waals surface area contributed by atoms with Gasteiger partial charge in [-0.05, 0) is 38.6 Å². The third-order valence-electron chi connectivity index (χ3n) is 8.85. The van der Waals surface area contributed by atoms with E-state index in [9.17, 15) is 0 Å². The topological polar surface area (TPSA) is 0 Å². The molecule has 47 heavy (non-hydrogen) atoms. The van der Waals surface area contributed by atoms with Crippen LogP contribution in [-0.4, -0.2) is 6.88 Å². The molecule has 0 heterocycles. The molecule has 0 saturated carbocycles. The van der Waals surface area contributed by atoms with Crippen molar-refractivity contribution in [2.24, 2.45) is 0 Å². The van der Waals surface area contributed by atoms with Crippen LogP contribution in [0.5, 0.6) is 0 Å². The summed E-state index contributed by atoms with van der Waals surface area (Å²) >= 11 is 1.36. The average Bonchev–Trinajstić information content (AvgIpc) is 3.71. The summed E-state index contributed by atoms with van der Waals surface area (Å²) in [5.74, 6) is 0.584. The Bertz CT molecular complexity index is 2250. The molecule has 0 aromatic heterocycles. The zero-order valence-electron chi connectivity index (χ0n) is 28.4. The molecule has 0 nitrogen and oxygen atoms in total. The molecule has 0 aliphatic carbocycles. The van der Waals surface area contributed by atoms with E-state index < -0.39 is 0 Å². The van der Waals surface area contributed by atoms with Crippen molar-refractivity contribution in [3.05, 3.63) is 171 Å². The summed E-state index contributed by atoms with van der Waals surface area (Å²) in [6.45, 7) is 11.9. The van der Waals surface area contributed by atoms with Gasteiger partial charge in [-0.3, -0.25) is 0 Å². The zero-order valence-corrected chi connectivity index (χ0v) is 31.8. The molecule has 0 aliphatic rings. The van der Waals surface area contributed by atoms with Crippen molar-refractivity contribution in [1.82, 2.24) is 0 Å². The summed E-state index contributed by atoms with van der Waals surface area (Å²) in [6, 6.07) is 50.8. The number of rotatable bonds is 3. The summed E-state index contributed by atoms with van der Waals surface area (Å²) < 4.78 is 0. The minimum atomic E-state index is 0. The number of hydrogen-bond donors (Lipinski definition) is 0. The first-order valence-corrected chi connectivity index (χ1v) is 19.7. The number of hydrogen-bond acceptors (Lipinski definition) is 0. The third kappa shape index (κ3) is 7.20. The van der Waals surface area contributed by atoms with Crippen molar-refractivity contribution in [3.63, 3.8) is 0 Å². The fourth-order valence-corrected chi connectivity index (χ4v) is 6.56. The summed E-state index contributed by atoms with van der Waals surface area (Å²) in [5.41, 5.74) is 9.37. The average molecular weight is 702 g/mol. The predicted octanol–water partition coefficient (Wildman–Crippen LogP) is 13.0. The van der Waals surface area contributed by atoms with Gasteiger partial charge in [-0.25, -0.2) is 0 Å². The van der Waals surface area contributed by atoms with Gasteiger partial charge in [-0.15, -0.1) is 68.6 Å². The van der Waals surface area contributed by atoms with E-state index in [4.69, 9.17) is 0 Å². The van der Waals surface area contributed by atoms with Crippen LogP contribution < -0.4 is 0 Å². The zero-order chi connectivity index (χ0) is 31.5. The van der Waals surface area contributed by atoms with E-state index in [1.54, 1.807) is 0 Å². The SMILES string of the molecule is CC(C)c1cc2c(-c3ccccc3)cccc2[cH-]1.Cc1cc2c(-c3cccc4c3ccc3ccccc34)ccc(C)c2[cH-]1.[CH3-].[CH3-].[Si]=[Zr]. The Morgan fingerprint density at radius 2 is 1.19 bits per heavy atom. The fraction of sp³-hybridized carbons (Fsp3) is 0.111. The number of fused-ring (bicyclic) bond motifs is 5. The molecule has 2 heteroatoms. The molecule has 0 aliphatic heterocycles. The van der Waals surface area contributed by atoms with E-state index in [1.165, 1.54) is 105 Å². The van der Waals surface area contributed by atoms with E-state index in [1.807, 2.05) is 0 Å². The second kappa shape index (κ2) is 15.8. The van der Waals surface area contributed by atoms with Crippen molar-refractivity contribution in [2.75, 3.05) is 0 Å². The van der Waals surface area contributed by atoms with E-state index >= 15 is 0 Å². The van der Waals surface area contributed by atoms with Crippen LogP contribution in [0.4, 0.5) is 0 Å². The van der Waals surface area contributed by atoms with Crippen LogP contribution in [-0.2, 0) is 23.3 Å². The molecule has 0 fully saturated rings. The molecule has 0 unspecified atom stereocenters. The second-order valence-corrected chi connectivity index (χ2v) is 12.1. The second-order valence-electron chi connectivity index (χ2n) is 12.1. The van der Waals surface area contributed by atoms with Crippen LogP contribution in [0.25, 0.3) is 65.3 Å². The number of benzene rings is 6. The third-order valence-corrected chi connectivity index (χ3v) is 8.85. The maximum absolute atomic E-state index is 3.06. The molecule has 0 N–H and O–H groups in total. The molecule has 8 aromatic carbocycles. The van der Waals surface area contributed by atoms with Gasteiger partial charge < -0.3 is 14.9 Å². The number of aryl methyl sites for hydroxylation is 2. The molecule has 8 rings (SSSR count). The summed E-state index contributed by atoms with van der Waals surface area (Å²) in [4.78, 5) is 0. The van der Waals surface area contributed by atoms with Crippen LogP contribution in [0, 0.1) is 28.7 Å². The molecular formula is C45H42SiZr-4.